The van der Waals surface area contributed by atoms with Crippen LogP contribution in [0, 0.1) is 11.6 Å². The van der Waals surface area contributed by atoms with Gasteiger partial charge in [0.2, 0.25) is 15.8 Å². The fraction of sp³-hybridized carbons (Fsp3) is 0.400. The van der Waals surface area contributed by atoms with E-state index >= 15 is 0 Å². The third kappa shape index (κ3) is 5.73. The lowest BCUT2D eigenvalue weighted by Crippen LogP contribution is -2.45. The summed E-state index contributed by atoms with van der Waals surface area (Å²) in [5, 5.41) is 3.51. The van der Waals surface area contributed by atoms with E-state index in [1.807, 2.05) is 0 Å². The average molecular weight is 578 g/mol. The fourth-order valence-electron chi connectivity index (χ4n) is 4.70. The van der Waals surface area contributed by atoms with Crippen molar-refractivity contribution in [3.05, 3.63) is 58.6 Å². The number of nitrogens with one attached hydrogen (secondary N) is 1. The van der Waals surface area contributed by atoms with Gasteiger partial charge in [-0.25, -0.2) is 27.2 Å². The zero-order valence-corrected chi connectivity index (χ0v) is 22.9. The van der Waals surface area contributed by atoms with Crippen LogP contribution in [0.15, 0.2) is 41.4 Å². The van der Waals surface area contributed by atoms with Crippen molar-refractivity contribution in [1.29, 1.82) is 0 Å². The second-order valence-corrected chi connectivity index (χ2v) is 12.6. The number of nitrogens with two attached hydrogens (primary N) is 1. The number of carbonyl (C=O) groups excluding carboxylic acids is 1. The van der Waals surface area contributed by atoms with Crippen LogP contribution in [-0.2, 0) is 10.0 Å². The summed E-state index contributed by atoms with van der Waals surface area (Å²) in [4.78, 5) is 25.8. The van der Waals surface area contributed by atoms with Gasteiger partial charge in [0, 0.05) is 51.5 Å². The number of sulfonamides is 1. The van der Waals surface area contributed by atoms with Crippen LogP contribution in [-0.4, -0.2) is 85.7 Å². The standard InChI is InChI=1S/C25H29F2N7O3S2/c1-32-11-13-33(14-12-32)20-6-5-17(15-29-20)39(36,37)34-9-7-16(8-10-34)30-25-31-24(28)23(38-25)22(35)21-18(26)3-2-4-19(21)27/h2-6,15-16H,7-14,28H2,1H3,(H,30,31). The Morgan fingerprint density at radius 1 is 1.05 bits per heavy atom. The largest absolute Gasteiger partial charge is 0.382 e. The molecule has 0 spiro atoms. The van der Waals surface area contributed by atoms with E-state index in [9.17, 15) is 22.0 Å². The maximum absolute atomic E-state index is 14.1. The van der Waals surface area contributed by atoms with Crippen LogP contribution < -0.4 is 16.0 Å². The second kappa shape index (κ2) is 11.1. The van der Waals surface area contributed by atoms with Gasteiger partial charge in [0.05, 0.1) is 5.56 Å². The molecule has 0 saturated carbocycles. The summed E-state index contributed by atoms with van der Waals surface area (Å²) in [5.41, 5.74) is 5.21. The first-order valence-corrected chi connectivity index (χ1v) is 14.8. The summed E-state index contributed by atoms with van der Waals surface area (Å²) in [6.45, 7) is 4.12. The molecule has 208 valence electrons. The quantitative estimate of drug-likeness (QED) is 0.408. The number of piperazine rings is 1. The minimum Gasteiger partial charge on any atom is -0.382 e. The molecule has 0 aliphatic carbocycles. The highest BCUT2D eigenvalue weighted by molar-refractivity contribution is 7.89. The topological polar surface area (TPSA) is 125 Å². The van der Waals surface area contributed by atoms with E-state index in [1.54, 1.807) is 12.1 Å². The highest BCUT2D eigenvalue weighted by Crippen LogP contribution is 2.31. The van der Waals surface area contributed by atoms with Crippen LogP contribution in [0.4, 0.5) is 25.5 Å². The number of carbonyl (C=O) groups is 1. The number of pyridine rings is 1. The number of rotatable bonds is 7. The summed E-state index contributed by atoms with van der Waals surface area (Å²) in [5.74, 6) is -2.17. The first kappa shape index (κ1) is 27.4. The number of piperidine rings is 1. The number of anilines is 3. The van der Waals surface area contributed by atoms with Crippen LogP contribution in [0.5, 0.6) is 0 Å². The first-order chi connectivity index (χ1) is 18.6. The Bertz CT molecular complexity index is 1430. The smallest absolute Gasteiger partial charge is 0.244 e. The van der Waals surface area contributed by atoms with E-state index in [-0.39, 0.29) is 34.7 Å². The van der Waals surface area contributed by atoms with Gasteiger partial charge >= 0.3 is 0 Å². The predicted molar refractivity (Wildman–Crippen MR) is 146 cm³/mol. The molecular formula is C25H29F2N7O3S2. The highest BCUT2D eigenvalue weighted by Gasteiger charge is 2.31. The van der Waals surface area contributed by atoms with Gasteiger partial charge < -0.3 is 20.9 Å². The monoisotopic (exact) mass is 577 g/mol. The number of aromatic nitrogens is 2. The van der Waals surface area contributed by atoms with Crippen LogP contribution >= 0.6 is 11.3 Å². The zero-order chi connectivity index (χ0) is 27.7. The lowest BCUT2D eigenvalue weighted by molar-refractivity contribution is 0.103. The lowest BCUT2D eigenvalue weighted by Gasteiger charge is -2.33. The van der Waals surface area contributed by atoms with E-state index in [0.717, 1.165) is 55.5 Å². The summed E-state index contributed by atoms with van der Waals surface area (Å²) >= 11 is 0.913. The fourth-order valence-corrected chi connectivity index (χ4v) is 7.02. The molecule has 2 aliphatic rings. The zero-order valence-electron chi connectivity index (χ0n) is 21.3. The summed E-state index contributed by atoms with van der Waals surface area (Å²) in [7, 11) is -1.63. The first-order valence-electron chi connectivity index (χ1n) is 12.5. The van der Waals surface area contributed by atoms with Crippen LogP contribution in [0.1, 0.15) is 28.1 Å². The number of ketones is 1. The number of benzene rings is 1. The molecule has 14 heteroatoms. The molecule has 0 radical (unpaired) electrons. The number of likely N-dealkylation sites (N-methyl/N-ethyl adjacent to an activating group) is 1. The summed E-state index contributed by atoms with van der Waals surface area (Å²) in [6.07, 6.45) is 2.41. The molecule has 0 amide bonds. The van der Waals surface area contributed by atoms with E-state index in [2.05, 4.69) is 32.1 Å². The minimum atomic E-state index is -3.70. The third-order valence-corrected chi connectivity index (χ3v) is 9.90. The van der Waals surface area contributed by atoms with Crippen molar-refractivity contribution in [1.82, 2.24) is 19.2 Å². The second-order valence-electron chi connectivity index (χ2n) is 9.62. The molecule has 5 rings (SSSR count). The van der Waals surface area contributed by atoms with Crippen molar-refractivity contribution < 1.29 is 22.0 Å². The van der Waals surface area contributed by atoms with Gasteiger partial charge in [-0.2, -0.15) is 4.31 Å². The minimum absolute atomic E-state index is 0.0611. The molecule has 3 aromatic rings. The Morgan fingerprint density at radius 3 is 2.33 bits per heavy atom. The van der Waals surface area contributed by atoms with E-state index < -0.39 is 33.0 Å². The molecule has 2 fully saturated rings. The van der Waals surface area contributed by atoms with Crippen LogP contribution in [0.2, 0.25) is 0 Å². The molecule has 4 heterocycles. The van der Waals surface area contributed by atoms with Crippen molar-refractivity contribution in [3.8, 4) is 0 Å². The molecule has 10 nitrogen and oxygen atoms in total. The summed E-state index contributed by atoms with van der Waals surface area (Å²) < 4.78 is 56.0. The van der Waals surface area contributed by atoms with E-state index in [0.29, 0.717) is 18.0 Å². The number of nitrogen functional groups attached to an aromatic ring is 1. The van der Waals surface area contributed by atoms with Gasteiger partial charge in [-0.3, -0.25) is 4.79 Å². The molecule has 1 aromatic carbocycles. The molecule has 2 aromatic heterocycles. The van der Waals surface area contributed by atoms with Gasteiger partial charge in [-0.15, -0.1) is 0 Å². The lowest BCUT2D eigenvalue weighted by atomic mass is 10.1. The molecule has 0 unspecified atom stereocenters. The summed E-state index contributed by atoms with van der Waals surface area (Å²) in [6, 6.07) is 6.44. The Balaban J connectivity index is 1.19. The van der Waals surface area contributed by atoms with Gasteiger partial charge in [0.1, 0.15) is 33.0 Å². The molecule has 39 heavy (non-hydrogen) atoms. The van der Waals surface area contributed by atoms with Crippen molar-refractivity contribution in [3.63, 3.8) is 0 Å². The number of halogens is 2. The van der Waals surface area contributed by atoms with Gasteiger partial charge in [-0.05, 0) is 44.2 Å². The predicted octanol–water partition coefficient (Wildman–Crippen LogP) is 2.65. The van der Waals surface area contributed by atoms with Gasteiger partial charge in [0.25, 0.3) is 0 Å². The van der Waals surface area contributed by atoms with Crippen LogP contribution in [0.3, 0.4) is 0 Å². The van der Waals surface area contributed by atoms with Crippen molar-refractivity contribution in [2.45, 2.75) is 23.8 Å². The SMILES string of the molecule is CN1CCN(c2ccc(S(=O)(=O)N3CCC(Nc4nc(N)c(C(=O)c5c(F)cccc5F)s4)CC3)cn2)CC1. The van der Waals surface area contributed by atoms with E-state index in [1.165, 1.54) is 16.6 Å². The van der Waals surface area contributed by atoms with Crippen molar-refractivity contribution in [2.75, 3.05) is 62.3 Å². The maximum Gasteiger partial charge on any atom is 0.244 e. The third-order valence-electron chi connectivity index (χ3n) is 7.02. The molecule has 2 aliphatic heterocycles. The van der Waals surface area contributed by atoms with Crippen molar-refractivity contribution in [2.24, 2.45) is 0 Å². The Morgan fingerprint density at radius 2 is 1.72 bits per heavy atom. The Kier molecular flexibility index (Phi) is 7.80. The van der Waals surface area contributed by atoms with Crippen LogP contribution in [0.25, 0.3) is 0 Å². The highest BCUT2D eigenvalue weighted by atomic mass is 32.2. The molecule has 3 N–H and O–H groups in total. The van der Waals surface area contributed by atoms with Gasteiger partial charge in [-0.1, -0.05) is 17.4 Å². The average Bonchev–Trinajstić information content (AvgIpc) is 3.29. The van der Waals surface area contributed by atoms with Gasteiger partial charge in [0.15, 0.2) is 5.13 Å². The molecular weight excluding hydrogens is 548 g/mol. The normalized spacial score (nSPS) is 17.9. The van der Waals surface area contributed by atoms with E-state index in [4.69, 9.17) is 5.73 Å². The number of hydrogen-bond acceptors (Lipinski definition) is 10. The van der Waals surface area contributed by atoms with Crippen molar-refractivity contribution >= 4 is 43.9 Å². The molecule has 0 atom stereocenters. The number of thiazole rings is 1. The number of hydrogen-bond donors (Lipinski definition) is 2. The molecule has 2 saturated heterocycles. The Hall–Kier alpha value is -3.20. The number of nitrogens with zero attached hydrogens (tertiary/aromatic N) is 5. The molecule has 0 bridgehead atoms. The maximum atomic E-state index is 14.1. The Labute approximate surface area is 229 Å².